The molecule has 1 aromatic rings. The summed E-state index contributed by atoms with van der Waals surface area (Å²) < 4.78 is 5.46. The molecule has 1 aliphatic heterocycles. The molecule has 1 aromatic carbocycles. The molecule has 20 heavy (non-hydrogen) atoms. The molecule has 1 unspecified atom stereocenters. The number of anilines is 1. The van der Waals surface area contributed by atoms with E-state index in [1.807, 2.05) is 11.9 Å². The zero-order chi connectivity index (χ0) is 14.5. The number of nitriles is 1. The third-order valence-corrected chi connectivity index (χ3v) is 3.56. The van der Waals surface area contributed by atoms with Crippen molar-refractivity contribution in [2.45, 2.75) is 12.8 Å². The van der Waals surface area contributed by atoms with E-state index in [0.717, 1.165) is 38.3 Å². The van der Waals surface area contributed by atoms with E-state index >= 15 is 0 Å². The van der Waals surface area contributed by atoms with Crippen molar-refractivity contribution in [2.24, 2.45) is 5.92 Å². The SMILES string of the molecule is CN(CC1CCCOC1)c1ccc(C(=O)O)cc1C#N. The van der Waals surface area contributed by atoms with Crippen LogP contribution in [-0.2, 0) is 4.74 Å². The molecule has 0 bridgehead atoms. The number of benzene rings is 1. The number of hydrogen-bond donors (Lipinski definition) is 1. The minimum atomic E-state index is -1.02. The predicted octanol–water partition coefficient (Wildman–Crippen LogP) is 2.12. The maximum absolute atomic E-state index is 10.9. The molecular weight excluding hydrogens is 256 g/mol. The second-order valence-corrected chi connectivity index (χ2v) is 5.11. The fourth-order valence-electron chi connectivity index (χ4n) is 2.53. The van der Waals surface area contributed by atoms with Crippen molar-refractivity contribution in [3.63, 3.8) is 0 Å². The van der Waals surface area contributed by atoms with Crippen molar-refractivity contribution in [2.75, 3.05) is 31.7 Å². The lowest BCUT2D eigenvalue weighted by atomic mass is 10.0. The lowest BCUT2D eigenvalue weighted by molar-refractivity contribution is 0.0576. The van der Waals surface area contributed by atoms with Gasteiger partial charge in [0.1, 0.15) is 6.07 Å². The Balaban J connectivity index is 2.14. The molecule has 5 nitrogen and oxygen atoms in total. The highest BCUT2D eigenvalue weighted by Crippen LogP contribution is 2.23. The number of hydrogen-bond acceptors (Lipinski definition) is 4. The van der Waals surface area contributed by atoms with Gasteiger partial charge in [-0.15, -0.1) is 0 Å². The van der Waals surface area contributed by atoms with Crippen molar-refractivity contribution in [3.8, 4) is 6.07 Å². The van der Waals surface area contributed by atoms with Gasteiger partial charge in [-0.2, -0.15) is 5.26 Å². The van der Waals surface area contributed by atoms with Crippen LogP contribution in [0.3, 0.4) is 0 Å². The van der Waals surface area contributed by atoms with Crippen LogP contribution in [0.25, 0.3) is 0 Å². The van der Waals surface area contributed by atoms with E-state index in [2.05, 4.69) is 6.07 Å². The van der Waals surface area contributed by atoms with Crippen LogP contribution in [0.5, 0.6) is 0 Å². The van der Waals surface area contributed by atoms with Crippen LogP contribution in [0.2, 0.25) is 0 Å². The minimum Gasteiger partial charge on any atom is -0.478 e. The molecule has 1 saturated heterocycles. The van der Waals surface area contributed by atoms with Gasteiger partial charge < -0.3 is 14.7 Å². The molecule has 0 aromatic heterocycles. The van der Waals surface area contributed by atoms with E-state index in [1.54, 1.807) is 6.07 Å². The Hall–Kier alpha value is -2.06. The van der Waals surface area contributed by atoms with Crippen LogP contribution in [0, 0.1) is 17.2 Å². The number of rotatable bonds is 4. The first kappa shape index (κ1) is 14.4. The highest BCUT2D eigenvalue weighted by molar-refractivity contribution is 5.89. The fraction of sp³-hybridized carbons (Fsp3) is 0.467. The highest BCUT2D eigenvalue weighted by atomic mass is 16.5. The number of carbonyl (C=O) groups is 1. The average Bonchev–Trinajstić information content (AvgIpc) is 2.47. The van der Waals surface area contributed by atoms with Gasteiger partial charge in [-0.25, -0.2) is 4.79 Å². The smallest absolute Gasteiger partial charge is 0.335 e. The maximum atomic E-state index is 10.9. The van der Waals surface area contributed by atoms with E-state index in [-0.39, 0.29) is 5.56 Å². The molecule has 106 valence electrons. The van der Waals surface area contributed by atoms with Gasteiger partial charge in [0.25, 0.3) is 0 Å². The Labute approximate surface area is 118 Å². The first-order chi connectivity index (χ1) is 9.61. The van der Waals surface area contributed by atoms with Crippen LogP contribution in [-0.4, -0.2) is 37.9 Å². The van der Waals surface area contributed by atoms with Crippen LogP contribution in [0.4, 0.5) is 5.69 Å². The fourth-order valence-corrected chi connectivity index (χ4v) is 2.53. The normalized spacial score (nSPS) is 18.3. The molecule has 0 spiro atoms. The summed E-state index contributed by atoms with van der Waals surface area (Å²) in [5, 5.41) is 18.1. The van der Waals surface area contributed by atoms with E-state index in [4.69, 9.17) is 9.84 Å². The molecule has 5 heteroatoms. The Morgan fingerprint density at radius 2 is 2.40 bits per heavy atom. The van der Waals surface area contributed by atoms with Crippen molar-refractivity contribution in [1.29, 1.82) is 5.26 Å². The molecule has 0 aliphatic carbocycles. The van der Waals surface area contributed by atoms with Crippen LogP contribution in [0.15, 0.2) is 18.2 Å². The molecule has 0 amide bonds. The molecule has 1 atom stereocenters. The van der Waals surface area contributed by atoms with E-state index in [0.29, 0.717) is 11.5 Å². The number of carboxylic acids is 1. The third-order valence-electron chi connectivity index (χ3n) is 3.56. The molecule has 1 heterocycles. The summed E-state index contributed by atoms with van der Waals surface area (Å²) in [5.74, 6) is -0.559. The van der Waals surface area contributed by atoms with Gasteiger partial charge in [0.05, 0.1) is 23.4 Å². The van der Waals surface area contributed by atoms with Gasteiger partial charge in [0.15, 0.2) is 0 Å². The Kier molecular flexibility index (Phi) is 4.59. The summed E-state index contributed by atoms with van der Waals surface area (Å²) >= 11 is 0. The van der Waals surface area contributed by atoms with Gasteiger partial charge >= 0.3 is 5.97 Å². The highest BCUT2D eigenvalue weighted by Gasteiger charge is 2.18. The third kappa shape index (κ3) is 3.28. The first-order valence-electron chi connectivity index (χ1n) is 6.68. The van der Waals surface area contributed by atoms with Crippen LogP contribution < -0.4 is 4.90 Å². The summed E-state index contributed by atoms with van der Waals surface area (Å²) in [5.41, 5.74) is 1.30. The monoisotopic (exact) mass is 274 g/mol. The maximum Gasteiger partial charge on any atom is 0.335 e. The van der Waals surface area contributed by atoms with E-state index in [1.165, 1.54) is 12.1 Å². The van der Waals surface area contributed by atoms with Gasteiger partial charge in [0, 0.05) is 20.2 Å². The summed E-state index contributed by atoms with van der Waals surface area (Å²) in [4.78, 5) is 12.9. The topological polar surface area (TPSA) is 73.6 Å². The summed E-state index contributed by atoms with van der Waals surface area (Å²) in [6, 6.07) is 6.73. The van der Waals surface area contributed by atoms with Crippen molar-refractivity contribution < 1.29 is 14.6 Å². The Bertz CT molecular complexity index is 530. The first-order valence-corrected chi connectivity index (χ1v) is 6.68. The Morgan fingerprint density at radius 3 is 3.00 bits per heavy atom. The van der Waals surface area contributed by atoms with Gasteiger partial charge in [-0.3, -0.25) is 0 Å². The lowest BCUT2D eigenvalue weighted by Gasteiger charge is -2.29. The van der Waals surface area contributed by atoms with Crippen LogP contribution >= 0.6 is 0 Å². The summed E-state index contributed by atoms with van der Waals surface area (Å²) in [6.45, 7) is 2.39. The number of aromatic carboxylic acids is 1. The molecule has 2 rings (SSSR count). The summed E-state index contributed by atoms with van der Waals surface area (Å²) in [6.07, 6.45) is 2.20. The van der Waals surface area contributed by atoms with E-state index in [9.17, 15) is 10.1 Å². The predicted molar refractivity (Wildman–Crippen MR) is 74.9 cm³/mol. The van der Waals surface area contributed by atoms with Gasteiger partial charge in [0.2, 0.25) is 0 Å². The average molecular weight is 274 g/mol. The number of carboxylic acid groups (broad SMARTS) is 1. The summed E-state index contributed by atoms with van der Waals surface area (Å²) in [7, 11) is 1.92. The van der Waals surface area contributed by atoms with Crippen molar-refractivity contribution >= 4 is 11.7 Å². The number of ether oxygens (including phenoxy) is 1. The molecule has 1 aliphatic rings. The molecule has 0 radical (unpaired) electrons. The second-order valence-electron chi connectivity index (χ2n) is 5.11. The number of nitrogens with zero attached hydrogens (tertiary/aromatic N) is 2. The van der Waals surface area contributed by atoms with Crippen LogP contribution in [0.1, 0.15) is 28.8 Å². The molecule has 0 saturated carbocycles. The standard InChI is InChI=1S/C15H18N2O3/c1-17(9-11-3-2-6-20-10-11)14-5-4-12(15(18)19)7-13(14)8-16/h4-5,7,11H,2-3,6,9-10H2,1H3,(H,18,19). The second kappa shape index (κ2) is 6.40. The van der Waals surface area contributed by atoms with Gasteiger partial charge in [-0.05, 0) is 37.0 Å². The largest absolute Gasteiger partial charge is 0.478 e. The zero-order valence-corrected chi connectivity index (χ0v) is 11.5. The minimum absolute atomic E-state index is 0.139. The molecule has 1 fully saturated rings. The lowest BCUT2D eigenvalue weighted by Crippen LogP contribution is -2.31. The molecule has 1 N–H and O–H groups in total. The Morgan fingerprint density at radius 1 is 1.60 bits per heavy atom. The van der Waals surface area contributed by atoms with Crippen molar-refractivity contribution in [1.82, 2.24) is 0 Å². The molecular formula is C15H18N2O3. The van der Waals surface area contributed by atoms with Gasteiger partial charge in [-0.1, -0.05) is 0 Å². The van der Waals surface area contributed by atoms with Crippen molar-refractivity contribution in [3.05, 3.63) is 29.3 Å². The quantitative estimate of drug-likeness (QED) is 0.910. The van der Waals surface area contributed by atoms with E-state index < -0.39 is 5.97 Å². The zero-order valence-electron chi connectivity index (χ0n) is 11.5.